The molecule has 0 amide bonds. The SMILES string of the molecule is Cc1c(N)cccc1-c1noc(-c2ccn(COc3ccc(Br)cc3Cl)n2)n1. The lowest BCUT2D eigenvalue weighted by Gasteiger charge is -2.08. The van der Waals surface area contributed by atoms with Crippen LogP contribution >= 0.6 is 27.5 Å². The molecular weight excluding hydrogens is 446 g/mol. The van der Waals surface area contributed by atoms with Gasteiger partial charge in [0.25, 0.3) is 5.89 Å². The molecule has 2 aromatic carbocycles. The number of anilines is 1. The molecule has 2 heterocycles. The fraction of sp³-hybridized carbons (Fsp3) is 0.105. The molecule has 0 aliphatic rings. The third kappa shape index (κ3) is 3.74. The highest BCUT2D eigenvalue weighted by Gasteiger charge is 2.15. The van der Waals surface area contributed by atoms with Gasteiger partial charge in [-0.15, -0.1) is 0 Å². The van der Waals surface area contributed by atoms with E-state index < -0.39 is 0 Å². The molecule has 0 saturated carbocycles. The van der Waals surface area contributed by atoms with E-state index in [2.05, 4.69) is 31.2 Å². The third-order valence-corrected chi connectivity index (χ3v) is 4.94. The highest BCUT2D eigenvalue weighted by Crippen LogP contribution is 2.29. The van der Waals surface area contributed by atoms with Crippen molar-refractivity contribution in [3.8, 4) is 28.7 Å². The quantitative estimate of drug-likeness (QED) is 0.424. The second kappa shape index (κ2) is 7.65. The van der Waals surface area contributed by atoms with Crippen LogP contribution in [0.2, 0.25) is 5.02 Å². The lowest BCUT2D eigenvalue weighted by molar-refractivity contribution is 0.221. The van der Waals surface area contributed by atoms with Gasteiger partial charge < -0.3 is 15.0 Å². The molecule has 0 aliphatic heterocycles. The van der Waals surface area contributed by atoms with Gasteiger partial charge in [-0.3, -0.25) is 0 Å². The van der Waals surface area contributed by atoms with Crippen molar-refractivity contribution in [3.63, 3.8) is 0 Å². The fourth-order valence-electron chi connectivity index (χ4n) is 2.61. The Kier molecular flexibility index (Phi) is 5.06. The van der Waals surface area contributed by atoms with Gasteiger partial charge in [-0.05, 0) is 42.8 Å². The summed E-state index contributed by atoms with van der Waals surface area (Å²) in [5.41, 5.74) is 8.90. The summed E-state index contributed by atoms with van der Waals surface area (Å²) < 4.78 is 13.6. The predicted octanol–water partition coefficient (Wildman–Crippen LogP) is 4.94. The molecule has 0 unspecified atom stereocenters. The Balaban J connectivity index is 1.50. The minimum Gasteiger partial charge on any atom is -0.470 e. The highest BCUT2D eigenvalue weighted by molar-refractivity contribution is 9.10. The third-order valence-electron chi connectivity index (χ3n) is 4.15. The van der Waals surface area contributed by atoms with Gasteiger partial charge >= 0.3 is 0 Å². The van der Waals surface area contributed by atoms with Crippen molar-refractivity contribution in [2.75, 3.05) is 5.73 Å². The Hall–Kier alpha value is -2.84. The van der Waals surface area contributed by atoms with Gasteiger partial charge in [0.1, 0.15) is 5.75 Å². The molecule has 4 rings (SSSR count). The van der Waals surface area contributed by atoms with Crippen molar-refractivity contribution in [1.29, 1.82) is 0 Å². The summed E-state index contributed by atoms with van der Waals surface area (Å²) in [5.74, 6) is 1.35. The topological polar surface area (TPSA) is 92.0 Å². The van der Waals surface area contributed by atoms with Crippen molar-refractivity contribution in [2.24, 2.45) is 0 Å². The molecule has 0 aliphatic carbocycles. The van der Waals surface area contributed by atoms with Gasteiger partial charge in [-0.2, -0.15) is 10.1 Å². The first-order valence-corrected chi connectivity index (χ1v) is 9.49. The summed E-state index contributed by atoms with van der Waals surface area (Å²) in [5, 5.41) is 8.97. The summed E-state index contributed by atoms with van der Waals surface area (Å²) >= 11 is 9.52. The summed E-state index contributed by atoms with van der Waals surface area (Å²) in [7, 11) is 0. The first kappa shape index (κ1) is 18.5. The molecule has 142 valence electrons. The number of hydrogen-bond acceptors (Lipinski definition) is 6. The van der Waals surface area contributed by atoms with E-state index in [9.17, 15) is 0 Å². The van der Waals surface area contributed by atoms with Crippen molar-refractivity contribution in [1.82, 2.24) is 19.9 Å². The van der Waals surface area contributed by atoms with Gasteiger partial charge in [-0.25, -0.2) is 4.68 Å². The summed E-state index contributed by atoms with van der Waals surface area (Å²) in [6.45, 7) is 2.11. The van der Waals surface area contributed by atoms with Crippen LogP contribution in [0.25, 0.3) is 23.0 Å². The van der Waals surface area contributed by atoms with Gasteiger partial charge in [0.2, 0.25) is 5.82 Å². The van der Waals surface area contributed by atoms with Crippen LogP contribution in [-0.2, 0) is 6.73 Å². The number of halogens is 2. The van der Waals surface area contributed by atoms with E-state index in [1.54, 1.807) is 29.1 Å². The molecule has 0 spiro atoms. The number of ether oxygens (including phenoxy) is 1. The Morgan fingerprint density at radius 2 is 2.11 bits per heavy atom. The van der Waals surface area contributed by atoms with Crippen LogP contribution < -0.4 is 10.5 Å². The Labute approximate surface area is 174 Å². The van der Waals surface area contributed by atoms with Gasteiger partial charge in [0, 0.05) is 21.9 Å². The van der Waals surface area contributed by atoms with E-state index in [1.807, 2.05) is 31.2 Å². The molecule has 0 bridgehead atoms. The van der Waals surface area contributed by atoms with Gasteiger partial charge in [0.15, 0.2) is 12.4 Å². The van der Waals surface area contributed by atoms with Crippen LogP contribution in [0.1, 0.15) is 5.56 Å². The molecule has 2 aromatic heterocycles. The van der Waals surface area contributed by atoms with E-state index in [0.29, 0.717) is 33.9 Å². The maximum atomic E-state index is 6.15. The zero-order chi connectivity index (χ0) is 19.7. The predicted molar refractivity (Wildman–Crippen MR) is 110 cm³/mol. The molecule has 2 N–H and O–H groups in total. The van der Waals surface area contributed by atoms with Crippen LogP contribution in [0.15, 0.2) is 57.7 Å². The Morgan fingerprint density at radius 3 is 2.93 bits per heavy atom. The van der Waals surface area contributed by atoms with E-state index in [1.165, 1.54) is 0 Å². The average Bonchev–Trinajstić information content (AvgIpc) is 3.32. The molecule has 0 atom stereocenters. The van der Waals surface area contributed by atoms with Crippen molar-refractivity contribution < 1.29 is 9.26 Å². The van der Waals surface area contributed by atoms with Crippen molar-refractivity contribution in [2.45, 2.75) is 13.7 Å². The van der Waals surface area contributed by atoms with E-state index in [-0.39, 0.29) is 6.73 Å². The van der Waals surface area contributed by atoms with Crippen molar-refractivity contribution >= 4 is 33.2 Å². The minimum atomic E-state index is 0.191. The Morgan fingerprint density at radius 1 is 1.25 bits per heavy atom. The average molecular weight is 461 g/mol. The lowest BCUT2D eigenvalue weighted by atomic mass is 10.1. The number of nitrogens with zero attached hydrogens (tertiary/aromatic N) is 4. The number of nitrogens with two attached hydrogens (primary N) is 1. The molecule has 4 aromatic rings. The maximum absolute atomic E-state index is 6.15. The number of benzene rings is 2. The van der Waals surface area contributed by atoms with Crippen LogP contribution in [0.4, 0.5) is 5.69 Å². The number of nitrogen functional groups attached to an aromatic ring is 1. The number of hydrogen-bond donors (Lipinski definition) is 1. The largest absolute Gasteiger partial charge is 0.470 e. The molecule has 0 radical (unpaired) electrons. The summed E-state index contributed by atoms with van der Waals surface area (Å²) in [6.07, 6.45) is 1.76. The molecular formula is C19H15BrClN5O2. The van der Waals surface area contributed by atoms with Crippen LogP contribution in [0.3, 0.4) is 0 Å². The zero-order valence-corrected chi connectivity index (χ0v) is 17.1. The maximum Gasteiger partial charge on any atom is 0.278 e. The highest BCUT2D eigenvalue weighted by atomic mass is 79.9. The van der Waals surface area contributed by atoms with E-state index in [4.69, 9.17) is 26.6 Å². The molecule has 0 fully saturated rings. The summed E-state index contributed by atoms with van der Waals surface area (Å²) in [6, 6.07) is 12.8. The normalized spacial score (nSPS) is 11.0. The Bertz CT molecular complexity index is 1140. The van der Waals surface area contributed by atoms with Crippen molar-refractivity contribution in [3.05, 3.63) is 63.7 Å². The minimum absolute atomic E-state index is 0.191. The second-order valence-corrected chi connectivity index (χ2v) is 7.35. The van der Waals surface area contributed by atoms with Crippen LogP contribution in [-0.4, -0.2) is 19.9 Å². The van der Waals surface area contributed by atoms with Gasteiger partial charge in [0.05, 0.1) is 5.02 Å². The standard InChI is InChI=1S/C19H15BrClN5O2/c1-11-13(3-2-4-15(11)22)18-23-19(28-25-18)16-7-8-26(24-16)10-27-17-6-5-12(20)9-14(17)21/h2-9H,10,22H2,1H3. The van der Waals surface area contributed by atoms with Crippen LogP contribution in [0, 0.1) is 6.92 Å². The molecule has 9 heteroatoms. The molecule has 7 nitrogen and oxygen atoms in total. The van der Waals surface area contributed by atoms with Gasteiger partial charge in [-0.1, -0.05) is 44.8 Å². The smallest absolute Gasteiger partial charge is 0.278 e. The fourth-order valence-corrected chi connectivity index (χ4v) is 3.34. The first-order valence-electron chi connectivity index (χ1n) is 8.32. The number of rotatable bonds is 5. The molecule has 28 heavy (non-hydrogen) atoms. The summed E-state index contributed by atoms with van der Waals surface area (Å²) in [4.78, 5) is 4.43. The first-order chi connectivity index (χ1) is 13.5. The number of aromatic nitrogens is 4. The van der Waals surface area contributed by atoms with Crippen LogP contribution in [0.5, 0.6) is 5.75 Å². The van der Waals surface area contributed by atoms with E-state index >= 15 is 0 Å². The zero-order valence-electron chi connectivity index (χ0n) is 14.8. The monoisotopic (exact) mass is 459 g/mol. The second-order valence-electron chi connectivity index (χ2n) is 6.03. The molecule has 0 saturated heterocycles. The lowest BCUT2D eigenvalue weighted by Crippen LogP contribution is -2.06. The van der Waals surface area contributed by atoms with E-state index in [0.717, 1.165) is 15.6 Å².